The summed E-state index contributed by atoms with van der Waals surface area (Å²) in [5.41, 5.74) is -3.97. The van der Waals surface area contributed by atoms with Crippen molar-refractivity contribution < 1.29 is 36.9 Å². The van der Waals surface area contributed by atoms with E-state index in [2.05, 4.69) is 17.2 Å². The zero-order valence-electron chi connectivity index (χ0n) is 27.4. The number of nitrogens with one attached hydrogen (secondary N) is 1. The first kappa shape index (κ1) is 33.6. The van der Waals surface area contributed by atoms with Crippen LogP contribution >= 0.6 is 11.6 Å². The Kier molecular flexibility index (Phi) is 7.90. The van der Waals surface area contributed by atoms with Crippen LogP contribution < -0.4 is 15.0 Å². The first-order valence-electron chi connectivity index (χ1n) is 16.9. The molecule has 1 aromatic heterocycles. The van der Waals surface area contributed by atoms with Crippen molar-refractivity contribution in [2.45, 2.75) is 68.8 Å². The number of aliphatic hydroxyl groups is 1. The number of piperazine rings is 1. The zero-order valence-corrected chi connectivity index (χ0v) is 28.1. The molecule has 0 amide bonds. The van der Waals surface area contributed by atoms with Crippen molar-refractivity contribution in [2.75, 3.05) is 44.2 Å². The summed E-state index contributed by atoms with van der Waals surface area (Å²) in [4.78, 5) is 12.8. The molecule has 1 unspecified atom stereocenters. The molecule has 3 N–H and O–H groups in total. The van der Waals surface area contributed by atoms with Crippen LogP contribution in [0.2, 0.25) is 5.02 Å². The number of hydrogen-bond donors (Lipinski definition) is 3. The van der Waals surface area contributed by atoms with Crippen molar-refractivity contribution in [3.63, 3.8) is 0 Å². The van der Waals surface area contributed by atoms with Gasteiger partial charge in [-0.25, -0.2) is 8.78 Å². The fourth-order valence-corrected chi connectivity index (χ4v) is 8.57. The quantitative estimate of drug-likeness (QED) is 0.177. The Labute approximate surface area is 290 Å². The number of hydrogen-bond acceptors (Lipinski definition) is 8. The first-order chi connectivity index (χ1) is 23.6. The minimum absolute atomic E-state index is 0.0649. The van der Waals surface area contributed by atoms with Gasteiger partial charge in [0.15, 0.2) is 11.4 Å². The fraction of sp³-hybridized carbons (Fsp3) is 0.500. The lowest BCUT2D eigenvalue weighted by Crippen LogP contribution is -2.58. The molecule has 2 bridgehead atoms. The number of phenols is 1. The van der Waals surface area contributed by atoms with E-state index in [-0.39, 0.29) is 64.3 Å². The lowest BCUT2D eigenvalue weighted by Gasteiger charge is -2.41. The highest BCUT2D eigenvalue weighted by Gasteiger charge is 2.56. The van der Waals surface area contributed by atoms with Crippen molar-refractivity contribution >= 4 is 39.1 Å². The zero-order chi connectivity index (χ0) is 35.2. The molecule has 0 radical (unpaired) electrons. The number of anilines is 1. The second kappa shape index (κ2) is 11.8. The molecule has 1 aliphatic carbocycles. The van der Waals surface area contributed by atoms with Gasteiger partial charge in [0.25, 0.3) is 0 Å². The van der Waals surface area contributed by atoms with E-state index in [1.807, 2.05) is 4.90 Å². The number of rotatable bonds is 7. The van der Waals surface area contributed by atoms with Crippen LogP contribution in [-0.4, -0.2) is 87.8 Å². The average Bonchev–Trinajstić information content (AvgIpc) is 3.74. The minimum Gasteiger partial charge on any atom is -0.508 e. The summed E-state index contributed by atoms with van der Waals surface area (Å²) >= 11 is 6.53. The van der Waals surface area contributed by atoms with Crippen LogP contribution in [0.4, 0.5) is 27.8 Å². The summed E-state index contributed by atoms with van der Waals surface area (Å²) < 4.78 is 80.2. The van der Waals surface area contributed by atoms with Gasteiger partial charge in [-0.15, -0.1) is 0 Å². The monoisotopic (exact) mass is 717 g/mol. The first-order valence-corrected chi connectivity index (χ1v) is 17.3. The van der Waals surface area contributed by atoms with Gasteiger partial charge in [0.2, 0.25) is 0 Å². The third-order valence-electron chi connectivity index (χ3n) is 11.0. The maximum absolute atomic E-state index is 16.9. The highest BCUT2D eigenvalue weighted by atomic mass is 35.5. The van der Waals surface area contributed by atoms with Gasteiger partial charge in [0.05, 0.1) is 12.2 Å². The predicted molar refractivity (Wildman–Crippen MR) is 180 cm³/mol. The average molecular weight is 718 g/mol. The molecule has 0 spiro atoms. The number of nitrogens with zero attached hydrogens (tertiary/aromatic N) is 4. The minimum atomic E-state index is -4.73. The molecule has 50 heavy (non-hydrogen) atoms. The number of likely N-dealkylation sites (tertiary alicyclic amines) is 1. The Morgan fingerprint density at radius 3 is 2.62 bits per heavy atom. The van der Waals surface area contributed by atoms with E-state index in [1.165, 1.54) is 18.2 Å². The van der Waals surface area contributed by atoms with Gasteiger partial charge < -0.3 is 25.2 Å². The number of phenolic OH excluding ortho intramolecular Hbond substituents is 1. The summed E-state index contributed by atoms with van der Waals surface area (Å²) in [6.07, 6.45) is -1.58. The van der Waals surface area contributed by atoms with Crippen LogP contribution in [0, 0.1) is 17.0 Å². The van der Waals surface area contributed by atoms with Crippen molar-refractivity contribution in [2.24, 2.45) is 5.41 Å². The number of benzene rings is 3. The number of alkyl halides is 3. The summed E-state index contributed by atoms with van der Waals surface area (Å²) in [6, 6.07) is 8.96. The predicted octanol–water partition coefficient (Wildman–Crippen LogP) is 6.97. The van der Waals surface area contributed by atoms with Gasteiger partial charge in [-0.2, -0.15) is 23.1 Å². The van der Waals surface area contributed by atoms with Crippen molar-refractivity contribution in [1.29, 1.82) is 0 Å². The Hall–Kier alpha value is -3.52. The summed E-state index contributed by atoms with van der Waals surface area (Å²) in [6.45, 7) is 3.47. The molecular formula is C36H37ClF5N5O3. The maximum Gasteiger partial charge on any atom is 0.418 e. The van der Waals surface area contributed by atoms with Crippen LogP contribution in [0.3, 0.4) is 0 Å². The summed E-state index contributed by atoms with van der Waals surface area (Å²) in [7, 11) is 0. The Bertz CT molecular complexity index is 2010. The molecule has 3 aromatic carbocycles. The van der Waals surface area contributed by atoms with Crippen molar-refractivity contribution in [3.05, 3.63) is 53.1 Å². The molecule has 4 fully saturated rings. The number of fused-ring (bicyclic) bond motifs is 4. The third kappa shape index (κ3) is 5.89. The molecular weight excluding hydrogens is 681 g/mol. The number of aromatic hydroxyl groups is 1. The molecule has 3 saturated heterocycles. The lowest BCUT2D eigenvalue weighted by atomic mass is 9.91. The second-order valence-electron chi connectivity index (χ2n) is 15.1. The SMILES string of the molecule is C[C@@]12CC[C@H](CN(c3nc(OCC4(CN5CCCC(O)(C(F)(F)F)C5)CC4)nc4c(F)c(-c5cc(O)cc6cccc(Cl)c56)c(F)cc34)C1)N2. The highest BCUT2D eigenvalue weighted by molar-refractivity contribution is 6.36. The van der Waals surface area contributed by atoms with E-state index < -0.39 is 40.9 Å². The fourth-order valence-electron chi connectivity index (χ4n) is 8.29. The Morgan fingerprint density at radius 2 is 1.88 bits per heavy atom. The normalized spacial score (nSPS) is 26.6. The lowest BCUT2D eigenvalue weighted by molar-refractivity contribution is -0.274. The standard InChI is InChI=1S/C36H37ClF5N5O3/c1-33-8-6-21(45-33)15-47(16-33)31-24-14-26(38)28(23-13-22(48)12-20-4-2-5-25(37)27(20)23)29(39)30(24)43-32(44-31)50-19-34(9-10-34)17-46-11-3-7-35(49,18-46)36(40,41)42/h2,4-5,12-14,21,45,48-49H,3,6-11,15-19H2,1H3/t21-,33-,35?/m1/s1. The summed E-state index contributed by atoms with van der Waals surface area (Å²) in [5.74, 6) is -1.71. The topological polar surface area (TPSA) is 94.0 Å². The molecule has 1 saturated carbocycles. The number of β-amino-alcohol motifs (C(OH)–C–C–N with tert-alkyl or cyclic N) is 1. The molecule has 3 aliphatic heterocycles. The van der Waals surface area contributed by atoms with E-state index in [1.54, 1.807) is 23.1 Å². The Morgan fingerprint density at radius 1 is 1.08 bits per heavy atom. The van der Waals surface area contributed by atoms with Crippen LogP contribution in [0.15, 0.2) is 36.4 Å². The van der Waals surface area contributed by atoms with Crippen LogP contribution in [0.1, 0.15) is 45.4 Å². The number of ether oxygens (including phenoxy) is 1. The van der Waals surface area contributed by atoms with Gasteiger partial charge in [0.1, 0.15) is 22.9 Å². The van der Waals surface area contributed by atoms with E-state index in [9.17, 15) is 23.4 Å². The smallest absolute Gasteiger partial charge is 0.418 e. The molecule has 4 aliphatic rings. The van der Waals surface area contributed by atoms with E-state index in [0.29, 0.717) is 55.6 Å². The molecule has 3 atom stereocenters. The molecule has 4 aromatic rings. The Balaban J connectivity index is 1.18. The van der Waals surface area contributed by atoms with E-state index in [4.69, 9.17) is 21.3 Å². The van der Waals surface area contributed by atoms with E-state index >= 15 is 8.78 Å². The number of halogens is 6. The highest BCUT2D eigenvalue weighted by Crippen LogP contribution is 2.49. The molecule has 4 heterocycles. The summed E-state index contributed by atoms with van der Waals surface area (Å²) in [5, 5.41) is 25.8. The van der Waals surface area contributed by atoms with E-state index in [0.717, 1.165) is 12.8 Å². The van der Waals surface area contributed by atoms with Crippen LogP contribution in [0.5, 0.6) is 11.8 Å². The molecule has 14 heteroatoms. The number of piperidine rings is 1. The van der Waals surface area contributed by atoms with Crippen molar-refractivity contribution in [1.82, 2.24) is 20.2 Å². The molecule has 8 rings (SSSR count). The molecule has 8 nitrogen and oxygen atoms in total. The third-order valence-corrected chi connectivity index (χ3v) is 11.3. The van der Waals surface area contributed by atoms with Crippen LogP contribution in [0.25, 0.3) is 32.8 Å². The van der Waals surface area contributed by atoms with Gasteiger partial charge >= 0.3 is 12.2 Å². The van der Waals surface area contributed by atoms with Gasteiger partial charge in [-0.3, -0.25) is 4.90 Å². The largest absolute Gasteiger partial charge is 0.508 e. The van der Waals surface area contributed by atoms with Gasteiger partial charge in [0, 0.05) is 64.5 Å². The second-order valence-corrected chi connectivity index (χ2v) is 15.5. The number of aromatic nitrogens is 2. The molecule has 266 valence electrons. The van der Waals surface area contributed by atoms with Crippen molar-refractivity contribution in [3.8, 4) is 22.9 Å². The van der Waals surface area contributed by atoms with Crippen LogP contribution in [-0.2, 0) is 0 Å². The maximum atomic E-state index is 16.9. The van der Waals surface area contributed by atoms with Gasteiger partial charge in [-0.1, -0.05) is 23.7 Å². The van der Waals surface area contributed by atoms with Gasteiger partial charge in [-0.05, 0) is 81.6 Å².